The van der Waals surface area contributed by atoms with Gasteiger partial charge in [0.1, 0.15) is 0 Å². The summed E-state index contributed by atoms with van der Waals surface area (Å²) in [6.07, 6.45) is 6.23. The minimum atomic E-state index is 0.252. The second kappa shape index (κ2) is 9.90. The number of pyridine rings is 1. The van der Waals surface area contributed by atoms with E-state index in [2.05, 4.69) is 40.9 Å². The van der Waals surface area contributed by atoms with E-state index in [1.54, 1.807) is 7.11 Å². The summed E-state index contributed by atoms with van der Waals surface area (Å²) in [5, 5.41) is 3.41. The molecule has 1 aromatic rings. The Morgan fingerprint density at radius 1 is 1.21 bits per heavy atom. The van der Waals surface area contributed by atoms with Crippen molar-refractivity contribution in [3.05, 3.63) is 23.9 Å². The second-order valence-corrected chi connectivity index (χ2v) is 9.63. The van der Waals surface area contributed by atoms with Gasteiger partial charge in [0.05, 0.1) is 13.7 Å². The molecule has 2 aliphatic heterocycles. The Hall–Kier alpha value is -1.66. The number of nitrogens with zero attached hydrogens (tertiary/aromatic N) is 3. The number of carbonyl (C=O) groups is 1. The Bertz CT molecular complexity index is 642. The molecule has 2 aliphatic rings. The maximum Gasteiger partial charge on any atom is 0.237 e. The first-order valence-corrected chi connectivity index (χ1v) is 11.1. The van der Waals surface area contributed by atoms with E-state index in [-0.39, 0.29) is 5.91 Å². The molecule has 2 saturated heterocycles. The number of ether oxygens (including phenoxy) is 1. The lowest BCUT2D eigenvalue weighted by Gasteiger charge is -2.40. The zero-order chi connectivity index (χ0) is 20.9. The van der Waals surface area contributed by atoms with Gasteiger partial charge < -0.3 is 15.0 Å². The molecule has 1 amide bonds. The molecular weight excluding hydrogens is 364 g/mol. The first kappa shape index (κ1) is 22.0. The summed E-state index contributed by atoms with van der Waals surface area (Å²) in [5.74, 6) is 1.61. The molecule has 3 rings (SSSR count). The number of amides is 1. The first-order chi connectivity index (χ1) is 13.9. The minimum absolute atomic E-state index is 0.252. The average molecular weight is 403 g/mol. The third-order valence-electron chi connectivity index (χ3n) is 6.60. The standard InChI is InChI=1S/C23H38N4O2/c1-23(2,3)19-9-13-26(14-10-19)17-22(28)27(20-7-11-24-12-8-20)16-18-5-6-21(29-4)25-15-18/h5-6,15,19-20,24H,7-14,16-17H2,1-4H3. The SMILES string of the molecule is COc1ccc(CN(C(=O)CN2CCC(C(C)(C)C)CC2)C2CCNCC2)cn1. The van der Waals surface area contributed by atoms with Gasteiger partial charge in [0.15, 0.2) is 0 Å². The zero-order valence-electron chi connectivity index (χ0n) is 18.6. The van der Waals surface area contributed by atoms with Crippen molar-refractivity contribution in [2.24, 2.45) is 11.3 Å². The maximum atomic E-state index is 13.3. The van der Waals surface area contributed by atoms with Crippen LogP contribution in [0.5, 0.6) is 5.88 Å². The summed E-state index contributed by atoms with van der Waals surface area (Å²) in [6, 6.07) is 4.19. The molecule has 0 atom stereocenters. The van der Waals surface area contributed by atoms with Crippen LogP contribution >= 0.6 is 0 Å². The molecular formula is C23H38N4O2. The Morgan fingerprint density at radius 3 is 2.45 bits per heavy atom. The van der Waals surface area contributed by atoms with Crippen LogP contribution in [-0.2, 0) is 11.3 Å². The summed E-state index contributed by atoms with van der Waals surface area (Å²) in [4.78, 5) is 22.1. The van der Waals surface area contributed by atoms with Crippen molar-refractivity contribution >= 4 is 5.91 Å². The van der Waals surface area contributed by atoms with Crippen LogP contribution in [0.3, 0.4) is 0 Å². The molecule has 3 heterocycles. The number of hydrogen-bond acceptors (Lipinski definition) is 5. The number of piperidine rings is 2. The summed E-state index contributed by atoms with van der Waals surface area (Å²) < 4.78 is 5.16. The molecule has 0 aromatic carbocycles. The molecule has 29 heavy (non-hydrogen) atoms. The highest BCUT2D eigenvalue weighted by molar-refractivity contribution is 5.78. The fraction of sp³-hybridized carbons (Fsp3) is 0.739. The van der Waals surface area contributed by atoms with Crippen LogP contribution in [-0.4, -0.2) is 66.6 Å². The van der Waals surface area contributed by atoms with Crippen molar-refractivity contribution in [3.63, 3.8) is 0 Å². The van der Waals surface area contributed by atoms with Crippen LogP contribution in [0.25, 0.3) is 0 Å². The molecule has 0 saturated carbocycles. The van der Waals surface area contributed by atoms with Gasteiger partial charge in [0.2, 0.25) is 11.8 Å². The molecule has 1 aromatic heterocycles. The average Bonchev–Trinajstić information content (AvgIpc) is 2.72. The van der Waals surface area contributed by atoms with Gasteiger partial charge in [-0.25, -0.2) is 4.98 Å². The number of nitrogens with one attached hydrogen (secondary N) is 1. The molecule has 162 valence electrons. The first-order valence-electron chi connectivity index (χ1n) is 11.1. The van der Waals surface area contributed by atoms with Crippen molar-refractivity contribution < 1.29 is 9.53 Å². The number of aromatic nitrogens is 1. The number of carbonyl (C=O) groups excluding carboxylic acids is 1. The normalized spacial score (nSPS) is 19.9. The van der Waals surface area contributed by atoms with Crippen LogP contribution in [0.4, 0.5) is 0 Å². The van der Waals surface area contributed by atoms with Crippen molar-refractivity contribution in [2.75, 3.05) is 39.8 Å². The van der Waals surface area contributed by atoms with E-state index in [1.165, 1.54) is 12.8 Å². The van der Waals surface area contributed by atoms with Gasteiger partial charge in [-0.2, -0.15) is 0 Å². The lowest BCUT2D eigenvalue weighted by atomic mass is 9.75. The van der Waals surface area contributed by atoms with Gasteiger partial charge in [0, 0.05) is 24.8 Å². The van der Waals surface area contributed by atoms with Crippen LogP contribution in [0.1, 0.15) is 52.0 Å². The van der Waals surface area contributed by atoms with Crippen molar-refractivity contribution in [2.45, 2.75) is 59.0 Å². The fourth-order valence-electron chi connectivity index (χ4n) is 4.60. The van der Waals surface area contributed by atoms with E-state index in [0.717, 1.165) is 50.5 Å². The van der Waals surface area contributed by atoms with E-state index >= 15 is 0 Å². The Balaban J connectivity index is 1.63. The zero-order valence-corrected chi connectivity index (χ0v) is 18.6. The van der Waals surface area contributed by atoms with Gasteiger partial charge in [-0.05, 0) is 68.8 Å². The van der Waals surface area contributed by atoms with Crippen molar-refractivity contribution in [1.29, 1.82) is 0 Å². The number of rotatable bonds is 6. The number of likely N-dealkylation sites (tertiary alicyclic amines) is 1. The summed E-state index contributed by atoms with van der Waals surface area (Å²) in [5.41, 5.74) is 1.42. The van der Waals surface area contributed by atoms with Crippen molar-refractivity contribution in [3.8, 4) is 5.88 Å². The molecule has 0 radical (unpaired) electrons. The van der Waals surface area contributed by atoms with Crippen LogP contribution in [0.2, 0.25) is 0 Å². The molecule has 1 N–H and O–H groups in total. The van der Waals surface area contributed by atoms with Crippen LogP contribution in [0.15, 0.2) is 18.3 Å². The van der Waals surface area contributed by atoms with Gasteiger partial charge in [-0.1, -0.05) is 26.8 Å². The third kappa shape index (κ3) is 6.16. The molecule has 0 unspecified atom stereocenters. The summed E-state index contributed by atoms with van der Waals surface area (Å²) in [7, 11) is 1.62. The number of hydrogen-bond donors (Lipinski definition) is 1. The van der Waals surface area contributed by atoms with Crippen LogP contribution in [0, 0.1) is 11.3 Å². The van der Waals surface area contributed by atoms with Crippen molar-refractivity contribution in [1.82, 2.24) is 20.1 Å². The lowest BCUT2D eigenvalue weighted by Crippen LogP contribution is -2.50. The van der Waals surface area contributed by atoms with E-state index in [1.807, 2.05) is 18.3 Å². The topological polar surface area (TPSA) is 57.7 Å². The largest absolute Gasteiger partial charge is 0.481 e. The lowest BCUT2D eigenvalue weighted by molar-refractivity contribution is -0.136. The Kier molecular flexibility index (Phi) is 7.52. The highest BCUT2D eigenvalue weighted by Gasteiger charge is 2.31. The van der Waals surface area contributed by atoms with E-state index in [0.29, 0.717) is 30.4 Å². The van der Waals surface area contributed by atoms with Gasteiger partial charge in [-0.15, -0.1) is 0 Å². The summed E-state index contributed by atoms with van der Waals surface area (Å²) >= 11 is 0. The molecule has 6 heteroatoms. The van der Waals surface area contributed by atoms with E-state index < -0.39 is 0 Å². The molecule has 2 fully saturated rings. The molecule has 6 nitrogen and oxygen atoms in total. The predicted molar refractivity (Wildman–Crippen MR) is 116 cm³/mol. The Labute approximate surface area is 176 Å². The van der Waals surface area contributed by atoms with Gasteiger partial charge >= 0.3 is 0 Å². The third-order valence-corrected chi connectivity index (χ3v) is 6.60. The maximum absolute atomic E-state index is 13.3. The molecule has 0 bridgehead atoms. The van der Waals surface area contributed by atoms with Gasteiger partial charge in [-0.3, -0.25) is 9.69 Å². The Morgan fingerprint density at radius 2 is 1.90 bits per heavy atom. The molecule has 0 aliphatic carbocycles. The quantitative estimate of drug-likeness (QED) is 0.793. The van der Waals surface area contributed by atoms with E-state index in [4.69, 9.17) is 4.74 Å². The second-order valence-electron chi connectivity index (χ2n) is 9.63. The highest BCUT2D eigenvalue weighted by Crippen LogP contribution is 2.34. The highest BCUT2D eigenvalue weighted by atomic mass is 16.5. The van der Waals surface area contributed by atoms with E-state index in [9.17, 15) is 4.79 Å². The fourth-order valence-corrected chi connectivity index (χ4v) is 4.60. The summed E-state index contributed by atoms with van der Waals surface area (Å²) in [6.45, 7) is 12.2. The van der Waals surface area contributed by atoms with Gasteiger partial charge in [0.25, 0.3) is 0 Å². The minimum Gasteiger partial charge on any atom is -0.481 e. The predicted octanol–water partition coefficient (Wildman–Crippen LogP) is 2.93. The molecule has 0 spiro atoms. The van der Waals surface area contributed by atoms with Crippen LogP contribution < -0.4 is 10.1 Å². The smallest absolute Gasteiger partial charge is 0.237 e. The number of methoxy groups -OCH3 is 1. The monoisotopic (exact) mass is 402 g/mol.